The highest BCUT2D eigenvalue weighted by molar-refractivity contribution is 7.26. The van der Waals surface area contributed by atoms with E-state index in [0.717, 1.165) is 17.1 Å². The molecule has 1 nitrogen and oxygen atoms in total. The topological polar surface area (TPSA) is 3.24 Å². The zero-order valence-electron chi connectivity index (χ0n) is 29.8. The molecule has 0 bridgehead atoms. The van der Waals surface area contributed by atoms with Gasteiger partial charge in [0.05, 0.1) is 0 Å². The second-order valence-electron chi connectivity index (χ2n) is 14.1. The van der Waals surface area contributed by atoms with Gasteiger partial charge in [0.1, 0.15) is 0 Å². The Kier molecular flexibility index (Phi) is 7.61. The van der Waals surface area contributed by atoms with Crippen LogP contribution in [0.25, 0.3) is 84.5 Å². The molecule has 258 valence electrons. The van der Waals surface area contributed by atoms with Crippen LogP contribution < -0.4 is 4.90 Å². The molecule has 55 heavy (non-hydrogen) atoms. The molecule has 11 aromatic rings. The molecule has 0 spiro atoms. The van der Waals surface area contributed by atoms with E-state index in [2.05, 4.69) is 205 Å². The number of thiophene rings is 2. The summed E-state index contributed by atoms with van der Waals surface area (Å²) in [6.45, 7) is 0. The molecule has 0 aliphatic rings. The number of rotatable bonds is 6. The number of anilines is 3. The van der Waals surface area contributed by atoms with Crippen LogP contribution >= 0.6 is 22.7 Å². The van der Waals surface area contributed by atoms with Crippen molar-refractivity contribution in [2.45, 2.75) is 0 Å². The molecule has 9 aromatic carbocycles. The van der Waals surface area contributed by atoms with Crippen molar-refractivity contribution in [3.8, 4) is 33.4 Å². The molecule has 0 aliphatic carbocycles. The van der Waals surface area contributed by atoms with Crippen LogP contribution in [0.15, 0.2) is 200 Å². The summed E-state index contributed by atoms with van der Waals surface area (Å²) in [6, 6.07) is 73.5. The van der Waals surface area contributed by atoms with E-state index in [0.29, 0.717) is 0 Å². The van der Waals surface area contributed by atoms with E-state index in [4.69, 9.17) is 0 Å². The van der Waals surface area contributed by atoms with Crippen molar-refractivity contribution >= 4 is 90.9 Å². The number of hydrogen-bond acceptors (Lipinski definition) is 3. The van der Waals surface area contributed by atoms with Gasteiger partial charge in [-0.2, -0.15) is 0 Å². The summed E-state index contributed by atoms with van der Waals surface area (Å²) in [4.78, 5) is 2.42. The van der Waals surface area contributed by atoms with Crippen LogP contribution in [0.2, 0.25) is 0 Å². The number of benzene rings is 9. The van der Waals surface area contributed by atoms with Crippen molar-refractivity contribution in [1.29, 1.82) is 0 Å². The molecule has 2 aromatic heterocycles. The molecule has 11 rings (SSSR count). The predicted octanol–water partition coefficient (Wildman–Crippen LogP) is 16.0. The van der Waals surface area contributed by atoms with E-state index < -0.39 is 0 Å². The SMILES string of the molecule is c1cc(-c2ccc3ccccc3c2)cc(N(c2cccc(-c3cccc4c3sc3ccccc34)c2)c2cccc(-c3cccc4c3sc3ccccc34)c2)c1. The highest BCUT2D eigenvalue weighted by atomic mass is 32.1. The minimum absolute atomic E-state index is 1.11. The fourth-order valence-electron chi connectivity index (χ4n) is 8.21. The summed E-state index contributed by atoms with van der Waals surface area (Å²) in [6.07, 6.45) is 0. The van der Waals surface area contributed by atoms with Crippen LogP contribution in [-0.4, -0.2) is 0 Å². The lowest BCUT2D eigenvalue weighted by Gasteiger charge is -2.27. The monoisotopic (exact) mass is 735 g/mol. The van der Waals surface area contributed by atoms with Crippen molar-refractivity contribution in [1.82, 2.24) is 0 Å². The Morgan fingerprint density at radius 3 is 1.31 bits per heavy atom. The highest BCUT2D eigenvalue weighted by Crippen LogP contribution is 2.45. The van der Waals surface area contributed by atoms with Gasteiger partial charge in [-0.05, 0) is 98.8 Å². The minimum atomic E-state index is 1.11. The van der Waals surface area contributed by atoms with E-state index in [1.165, 1.54) is 84.5 Å². The number of nitrogens with zero attached hydrogens (tertiary/aromatic N) is 1. The third-order valence-corrected chi connectivity index (χ3v) is 13.3. The molecule has 0 radical (unpaired) electrons. The summed E-state index contributed by atoms with van der Waals surface area (Å²) in [7, 11) is 0. The first-order valence-corrected chi connectivity index (χ1v) is 20.3. The highest BCUT2D eigenvalue weighted by Gasteiger charge is 2.18. The van der Waals surface area contributed by atoms with E-state index in [-0.39, 0.29) is 0 Å². The third-order valence-electron chi connectivity index (χ3n) is 10.8. The van der Waals surface area contributed by atoms with Crippen LogP contribution in [0, 0.1) is 0 Å². The average Bonchev–Trinajstić information content (AvgIpc) is 3.83. The Bertz CT molecular complexity index is 3080. The quantitative estimate of drug-likeness (QED) is 0.164. The Morgan fingerprint density at radius 2 is 0.727 bits per heavy atom. The summed E-state index contributed by atoms with van der Waals surface area (Å²) in [5.41, 5.74) is 10.7. The molecule has 3 heteroatoms. The number of fused-ring (bicyclic) bond motifs is 7. The van der Waals surface area contributed by atoms with Crippen molar-refractivity contribution < 1.29 is 0 Å². The largest absolute Gasteiger partial charge is 0.310 e. The Morgan fingerprint density at radius 1 is 0.291 bits per heavy atom. The Hall–Kier alpha value is -6.52. The first kappa shape index (κ1) is 32.0. The molecule has 2 heterocycles. The normalized spacial score (nSPS) is 11.6. The average molecular weight is 736 g/mol. The molecule has 0 saturated heterocycles. The van der Waals surface area contributed by atoms with Crippen LogP contribution in [0.5, 0.6) is 0 Å². The molecule has 0 amide bonds. The second kappa shape index (κ2) is 13.1. The van der Waals surface area contributed by atoms with Crippen LogP contribution in [0.4, 0.5) is 17.1 Å². The third kappa shape index (κ3) is 5.51. The van der Waals surface area contributed by atoms with Crippen LogP contribution in [0.1, 0.15) is 0 Å². The first-order valence-electron chi connectivity index (χ1n) is 18.7. The zero-order chi connectivity index (χ0) is 36.3. The van der Waals surface area contributed by atoms with Gasteiger partial charge >= 0.3 is 0 Å². The lowest BCUT2D eigenvalue weighted by molar-refractivity contribution is 1.28. The van der Waals surface area contributed by atoms with E-state index >= 15 is 0 Å². The maximum atomic E-state index is 2.42. The molecular weight excluding hydrogens is 703 g/mol. The summed E-state index contributed by atoms with van der Waals surface area (Å²) in [5, 5.41) is 7.75. The smallest absolute Gasteiger partial charge is 0.0467 e. The zero-order valence-corrected chi connectivity index (χ0v) is 31.4. The van der Waals surface area contributed by atoms with Crippen LogP contribution in [0.3, 0.4) is 0 Å². The maximum absolute atomic E-state index is 2.42. The maximum Gasteiger partial charge on any atom is 0.0467 e. The minimum Gasteiger partial charge on any atom is -0.310 e. The standard InChI is InChI=1S/C52H33NS2/c1-2-13-35-30-37(29-28-34(35)12-1)36-14-7-17-40(31-36)53(41-18-8-15-38(32-41)43-22-10-24-47-45-20-3-5-26-49(45)54-51(43)47)42-19-9-16-39(33-42)44-23-11-25-48-46-21-4-6-27-50(46)55-52(44)48/h1-33H. The van der Waals surface area contributed by atoms with Gasteiger partial charge < -0.3 is 4.90 Å². The predicted molar refractivity (Wildman–Crippen MR) is 241 cm³/mol. The van der Waals surface area contributed by atoms with Crippen molar-refractivity contribution in [2.75, 3.05) is 4.90 Å². The van der Waals surface area contributed by atoms with Gasteiger partial charge in [-0.15, -0.1) is 22.7 Å². The van der Waals surface area contributed by atoms with Gasteiger partial charge in [-0.25, -0.2) is 0 Å². The Balaban J connectivity index is 1.09. The van der Waals surface area contributed by atoms with Gasteiger partial charge in [-0.1, -0.05) is 146 Å². The van der Waals surface area contributed by atoms with E-state index in [1.54, 1.807) is 0 Å². The fraction of sp³-hybridized carbons (Fsp3) is 0. The molecule has 0 atom stereocenters. The van der Waals surface area contributed by atoms with Gasteiger partial charge in [0, 0.05) is 57.4 Å². The molecular formula is C52H33NS2. The molecule has 0 fully saturated rings. The van der Waals surface area contributed by atoms with Crippen molar-refractivity contribution in [3.63, 3.8) is 0 Å². The van der Waals surface area contributed by atoms with Crippen LogP contribution in [-0.2, 0) is 0 Å². The molecule has 0 aliphatic heterocycles. The lowest BCUT2D eigenvalue weighted by atomic mass is 9.99. The molecule has 0 N–H and O–H groups in total. The van der Waals surface area contributed by atoms with Gasteiger partial charge in [0.15, 0.2) is 0 Å². The summed E-state index contributed by atoms with van der Waals surface area (Å²) < 4.78 is 5.28. The molecule has 0 unspecified atom stereocenters. The number of hydrogen-bond donors (Lipinski definition) is 0. The Labute approximate surface area is 327 Å². The van der Waals surface area contributed by atoms with Gasteiger partial charge in [-0.3, -0.25) is 0 Å². The van der Waals surface area contributed by atoms with Gasteiger partial charge in [0.2, 0.25) is 0 Å². The summed E-state index contributed by atoms with van der Waals surface area (Å²) >= 11 is 3.76. The first-order chi connectivity index (χ1) is 27.2. The second-order valence-corrected chi connectivity index (χ2v) is 16.2. The van der Waals surface area contributed by atoms with E-state index in [9.17, 15) is 0 Å². The van der Waals surface area contributed by atoms with E-state index in [1.807, 2.05) is 22.7 Å². The lowest BCUT2D eigenvalue weighted by Crippen LogP contribution is -2.10. The van der Waals surface area contributed by atoms with Crippen molar-refractivity contribution in [2.24, 2.45) is 0 Å². The van der Waals surface area contributed by atoms with Crippen molar-refractivity contribution in [3.05, 3.63) is 200 Å². The van der Waals surface area contributed by atoms with Gasteiger partial charge in [0.25, 0.3) is 0 Å². The fourth-order valence-corrected chi connectivity index (χ4v) is 10.7. The summed E-state index contributed by atoms with van der Waals surface area (Å²) in [5.74, 6) is 0. The molecule has 0 saturated carbocycles.